The molecule has 2 heterocycles. The Kier molecular flexibility index (Phi) is 8.87. The molecule has 0 bridgehead atoms. The van der Waals surface area contributed by atoms with E-state index < -0.39 is 0 Å². The number of nitrogens with zero attached hydrogens (tertiary/aromatic N) is 5. The molecular weight excluding hydrogens is 546 g/mol. The summed E-state index contributed by atoms with van der Waals surface area (Å²) < 4.78 is 1.92. The number of carbonyl (C=O) groups is 2. The Morgan fingerprint density at radius 1 is 0.857 bits per heavy atom. The number of benzene rings is 3. The number of amides is 2. The molecule has 0 saturated heterocycles. The topological polar surface area (TPSA) is 61.7 Å². The number of aromatic nitrogens is 2. The highest BCUT2D eigenvalue weighted by Gasteiger charge is 2.35. The summed E-state index contributed by atoms with van der Waals surface area (Å²) in [7, 11) is 0. The van der Waals surface area contributed by atoms with E-state index in [2.05, 4.69) is 28.2 Å². The SMILES string of the molecule is O=C(CCn1ncc2ccccc21)N1CCCN(Cc2ccc(Cl)cc2)CCCN(C(=O)C2CC2)c2ccccc2C1. The minimum atomic E-state index is 0.103. The number of hydrogen-bond acceptors (Lipinski definition) is 4. The van der Waals surface area contributed by atoms with Crippen molar-refractivity contribution in [1.82, 2.24) is 19.6 Å². The van der Waals surface area contributed by atoms with E-state index in [9.17, 15) is 9.59 Å². The molecule has 0 N–H and O–H groups in total. The predicted molar refractivity (Wildman–Crippen MR) is 167 cm³/mol. The molecule has 1 saturated carbocycles. The van der Waals surface area contributed by atoms with Gasteiger partial charge in [-0.3, -0.25) is 19.2 Å². The van der Waals surface area contributed by atoms with Gasteiger partial charge in [0.05, 0.1) is 18.3 Å². The second-order valence-electron chi connectivity index (χ2n) is 11.5. The lowest BCUT2D eigenvalue weighted by Gasteiger charge is -2.32. The third kappa shape index (κ3) is 6.85. The largest absolute Gasteiger partial charge is 0.338 e. The van der Waals surface area contributed by atoms with Crippen molar-refractivity contribution in [2.75, 3.05) is 31.1 Å². The summed E-state index contributed by atoms with van der Waals surface area (Å²) in [5.41, 5.74) is 4.22. The van der Waals surface area contributed by atoms with Crippen LogP contribution in [0.5, 0.6) is 0 Å². The van der Waals surface area contributed by atoms with Gasteiger partial charge in [-0.1, -0.05) is 60.1 Å². The molecule has 1 aromatic heterocycles. The van der Waals surface area contributed by atoms with Gasteiger partial charge in [-0.05, 0) is 61.1 Å². The van der Waals surface area contributed by atoms with Crippen LogP contribution in [-0.4, -0.2) is 57.6 Å². The first-order valence-electron chi connectivity index (χ1n) is 15.1. The first-order valence-corrected chi connectivity index (χ1v) is 15.5. The van der Waals surface area contributed by atoms with E-state index in [1.54, 1.807) is 0 Å². The van der Waals surface area contributed by atoms with Crippen LogP contribution in [0.25, 0.3) is 10.9 Å². The summed E-state index contributed by atoms with van der Waals surface area (Å²) in [5.74, 6) is 0.440. The molecule has 218 valence electrons. The fourth-order valence-electron chi connectivity index (χ4n) is 5.92. The molecular formula is C34H38ClN5O2. The molecule has 42 heavy (non-hydrogen) atoms. The minimum absolute atomic E-state index is 0.103. The van der Waals surface area contributed by atoms with Crippen LogP contribution < -0.4 is 4.90 Å². The van der Waals surface area contributed by atoms with Crippen LogP contribution >= 0.6 is 11.6 Å². The van der Waals surface area contributed by atoms with Gasteiger partial charge in [0.2, 0.25) is 11.8 Å². The summed E-state index contributed by atoms with van der Waals surface area (Å²) in [5, 5.41) is 6.34. The highest BCUT2D eigenvalue weighted by molar-refractivity contribution is 6.30. The minimum Gasteiger partial charge on any atom is -0.338 e. The number of para-hydroxylation sites is 2. The predicted octanol–water partition coefficient (Wildman–Crippen LogP) is 6.15. The fourth-order valence-corrected chi connectivity index (χ4v) is 6.05. The molecule has 2 amide bonds. The molecule has 1 fully saturated rings. The molecule has 2 aliphatic rings. The molecule has 1 aliphatic carbocycles. The normalized spacial score (nSPS) is 17.0. The van der Waals surface area contributed by atoms with Gasteiger partial charge in [0.15, 0.2) is 0 Å². The van der Waals surface area contributed by atoms with Crippen LogP contribution in [0.1, 0.15) is 43.2 Å². The van der Waals surface area contributed by atoms with Crippen LogP contribution in [-0.2, 0) is 29.2 Å². The summed E-state index contributed by atoms with van der Waals surface area (Å²) in [6, 6.07) is 24.2. The molecule has 0 atom stereocenters. The zero-order valence-corrected chi connectivity index (χ0v) is 24.8. The number of anilines is 1. The lowest BCUT2D eigenvalue weighted by atomic mass is 10.1. The summed E-state index contributed by atoms with van der Waals surface area (Å²) in [6.45, 7) is 4.89. The second-order valence-corrected chi connectivity index (χ2v) is 11.9. The molecule has 0 unspecified atom stereocenters. The third-order valence-corrected chi connectivity index (χ3v) is 8.61. The Hall–Kier alpha value is -3.68. The van der Waals surface area contributed by atoms with Crippen LogP contribution in [0.2, 0.25) is 5.02 Å². The summed E-state index contributed by atoms with van der Waals surface area (Å²) >= 11 is 6.13. The number of rotatable bonds is 6. The number of halogens is 1. The lowest BCUT2D eigenvalue weighted by Crippen LogP contribution is -2.39. The number of fused-ring (bicyclic) bond motifs is 2. The van der Waals surface area contributed by atoms with Crippen molar-refractivity contribution >= 4 is 40.0 Å². The zero-order valence-electron chi connectivity index (χ0n) is 24.0. The molecule has 3 aromatic carbocycles. The van der Waals surface area contributed by atoms with Crippen molar-refractivity contribution in [2.24, 2.45) is 5.92 Å². The fraction of sp³-hybridized carbons (Fsp3) is 0.382. The Morgan fingerprint density at radius 3 is 2.40 bits per heavy atom. The van der Waals surface area contributed by atoms with E-state index in [4.69, 9.17) is 11.6 Å². The van der Waals surface area contributed by atoms with Gasteiger partial charge in [0.1, 0.15) is 0 Å². The first kappa shape index (κ1) is 28.4. The van der Waals surface area contributed by atoms with E-state index in [0.29, 0.717) is 32.6 Å². The van der Waals surface area contributed by atoms with Gasteiger partial charge < -0.3 is 9.80 Å². The Bertz CT molecular complexity index is 1530. The average Bonchev–Trinajstić information content (AvgIpc) is 3.78. The van der Waals surface area contributed by atoms with Crippen LogP contribution in [0.3, 0.4) is 0 Å². The van der Waals surface area contributed by atoms with Crippen molar-refractivity contribution < 1.29 is 9.59 Å². The maximum absolute atomic E-state index is 13.8. The Balaban J connectivity index is 1.23. The number of carbonyl (C=O) groups excluding carboxylic acids is 2. The van der Waals surface area contributed by atoms with Crippen molar-refractivity contribution in [3.8, 4) is 0 Å². The maximum atomic E-state index is 13.8. The van der Waals surface area contributed by atoms with E-state index in [1.165, 1.54) is 5.56 Å². The van der Waals surface area contributed by atoms with Gasteiger partial charge >= 0.3 is 0 Å². The lowest BCUT2D eigenvalue weighted by molar-refractivity contribution is -0.132. The first-order chi connectivity index (χ1) is 20.5. The van der Waals surface area contributed by atoms with Gasteiger partial charge in [0.25, 0.3) is 0 Å². The Morgan fingerprint density at radius 2 is 1.60 bits per heavy atom. The van der Waals surface area contributed by atoms with Crippen LogP contribution in [0, 0.1) is 5.92 Å². The monoisotopic (exact) mass is 583 g/mol. The average molecular weight is 584 g/mol. The van der Waals surface area contributed by atoms with E-state index in [0.717, 1.165) is 72.5 Å². The van der Waals surface area contributed by atoms with Crippen LogP contribution in [0.15, 0.2) is 79.0 Å². The number of hydrogen-bond donors (Lipinski definition) is 0. The van der Waals surface area contributed by atoms with Crippen molar-refractivity contribution in [1.29, 1.82) is 0 Å². The smallest absolute Gasteiger partial charge is 0.230 e. The van der Waals surface area contributed by atoms with Crippen molar-refractivity contribution in [2.45, 2.75) is 51.7 Å². The van der Waals surface area contributed by atoms with Gasteiger partial charge in [-0.15, -0.1) is 0 Å². The van der Waals surface area contributed by atoms with E-state index in [-0.39, 0.29) is 17.7 Å². The number of aryl methyl sites for hydroxylation is 1. The molecule has 8 heteroatoms. The van der Waals surface area contributed by atoms with Crippen molar-refractivity contribution in [3.05, 3.63) is 95.1 Å². The molecule has 6 rings (SSSR count). The van der Waals surface area contributed by atoms with Crippen LogP contribution in [0.4, 0.5) is 5.69 Å². The molecule has 4 aromatic rings. The molecule has 7 nitrogen and oxygen atoms in total. The zero-order chi connectivity index (χ0) is 28.9. The molecule has 0 spiro atoms. The standard InChI is InChI=1S/C34H38ClN5O2/c35-30-15-11-26(12-16-30)24-37-18-5-20-38(33(41)17-22-40-32-10-4-1-7-28(32)23-36-40)25-29-8-2-3-9-31(29)39(21-6-19-37)34(42)27-13-14-27/h1-4,7-12,15-16,23,27H,5-6,13-14,17-22,24-25H2. The van der Waals surface area contributed by atoms with Crippen molar-refractivity contribution in [3.63, 3.8) is 0 Å². The highest BCUT2D eigenvalue weighted by Crippen LogP contribution is 2.34. The third-order valence-electron chi connectivity index (χ3n) is 8.36. The molecule has 0 radical (unpaired) electrons. The second kappa shape index (κ2) is 13.1. The van der Waals surface area contributed by atoms with Gasteiger partial charge in [-0.2, -0.15) is 5.10 Å². The van der Waals surface area contributed by atoms with Gasteiger partial charge in [0, 0.05) is 67.7 Å². The van der Waals surface area contributed by atoms with Gasteiger partial charge in [-0.25, -0.2) is 0 Å². The van der Waals surface area contributed by atoms with E-state index >= 15 is 0 Å². The highest BCUT2D eigenvalue weighted by atomic mass is 35.5. The summed E-state index contributed by atoms with van der Waals surface area (Å²) in [6.07, 6.45) is 5.91. The summed E-state index contributed by atoms with van der Waals surface area (Å²) in [4.78, 5) is 33.7. The molecule has 1 aliphatic heterocycles. The maximum Gasteiger partial charge on any atom is 0.230 e. The quantitative estimate of drug-likeness (QED) is 0.273. The Labute approximate surface area is 252 Å². The van der Waals surface area contributed by atoms with E-state index in [1.807, 2.05) is 75.3 Å².